The summed E-state index contributed by atoms with van der Waals surface area (Å²) in [4.78, 5) is 0. The van der Waals surface area contributed by atoms with Crippen LogP contribution in [0.2, 0.25) is 0 Å². The minimum atomic E-state index is -4.78. The van der Waals surface area contributed by atoms with Crippen molar-refractivity contribution in [3.05, 3.63) is 58.9 Å². The average molecular weight is 397 g/mol. The fourth-order valence-electron chi connectivity index (χ4n) is 2.39. The summed E-state index contributed by atoms with van der Waals surface area (Å²) in [5, 5.41) is 11.9. The first kappa shape index (κ1) is 21.5. The standard InChI is InChI=1S/C20H19F4NO3/c1-2-9-27-16-4-6-19(15(11-16)12-25-7-8-26)28-13-14-3-5-18(21)17(10-14)20(22,23)24/h1,3-6,10-11,25-26H,7-9,12-13H2. The predicted molar refractivity (Wildman–Crippen MR) is 95.3 cm³/mol. The van der Waals surface area contributed by atoms with Gasteiger partial charge in [0.05, 0.1) is 12.2 Å². The van der Waals surface area contributed by atoms with E-state index in [0.717, 1.165) is 12.1 Å². The molecule has 2 aromatic carbocycles. The van der Waals surface area contributed by atoms with Gasteiger partial charge in [-0.25, -0.2) is 4.39 Å². The van der Waals surface area contributed by atoms with E-state index in [0.29, 0.717) is 30.2 Å². The number of rotatable bonds is 9. The predicted octanol–water partition coefficient (Wildman–Crippen LogP) is 3.52. The lowest BCUT2D eigenvalue weighted by Crippen LogP contribution is -2.18. The molecule has 4 nitrogen and oxygen atoms in total. The smallest absolute Gasteiger partial charge is 0.419 e. The van der Waals surface area contributed by atoms with Crippen LogP contribution in [0.25, 0.3) is 0 Å². The highest BCUT2D eigenvalue weighted by Gasteiger charge is 2.34. The number of hydrogen-bond acceptors (Lipinski definition) is 4. The van der Waals surface area contributed by atoms with Gasteiger partial charge in [-0.3, -0.25) is 0 Å². The quantitative estimate of drug-likeness (QED) is 0.386. The van der Waals surface area contributed by atoms with Crippen LogP contribution in [0.5, 0.6) is 11.5 Å². The molecule has 0 amide bonds. The molecule has 0 saturated carbocycles. The number of halogens is 4. The molecule has 0 spiro atoms. The van der Waals surface area contributed by atoms with Gasteiger partial charge in [0.25, 0.3) is 0 Å². The van der Waals surface area contributed by atoms with Gasteiger partial charge in [0.2, 0.25) is 0 Å². The normalized spacial score (nSPS) is 11.1. The van der Waals surface area contributed by atoms with E-state index >= 15 is 0 Å². The lowest BCUT2D eigenvalue weighted by molar-refractivity contribution is -0.140. The Labute approximate surface area is 160 Å². The number of terminal acetylenes is 1. The molecule has 0 bridgehead atoms. The lowest BCUT2D eigenvalue weighted by Gasteiger charge is -2.15. The molecular formula is C20H19F4NO3. The third kappa shape index (κ3) is 6.15. The zero-order chi connectivity index (χ0) is 20.6. The molecule has 0 atom stereocenters. The molecule has 2 aromatic rings. The summed E-state index contributed by atoms with van der Waals surface area (Å²) in [6.07, 6.45) is 0.379. The third-order valence-electron chi connectivity index (χ3n) is 3.69. The fourth-order valence-corrected chi connectivity index (χ4v) is 2.39. The minimum absolute atomic E-state index is 0.0563. The number of aliphatic hydroxyl groups is 1. The molecule has 2 rings (SSSR count). The highest BCUT2D eigenvalue weighted by molar-refractivity contribution is 5.41. The van der Waals surface area contributed by atoms with Crippen molar-refractivity contribution in [3.63, 3.8) is 0 Å². The lowest BCUT2D eigenvalue weighted by atomic mass is 10.1. The molecule has 0 aliphatic heterocycles. The maximum atomic E-state index is 13.4. The number of hydrogen-bond donors (Lipinski definition) is 2. The van der Waals surface area contributed by atoms with Crippen LogP contribution in [0.1, 0.15) is 16.7 Å². The van der Waals surface area contributed by atoms with Crippen LogP contribution in [-0.4, -0.2) is 24.9 Å². The maximum Gasteiger partial charge on any atom is 0.419 e. The van der Waals surface area contributed by atoms with Crippen molar-refractivity contribution >= 4 is 0 Å². The molecule has 28 heavy (non-hydrogen) atoms. The molecule has 0 aliphatic carbocycles. The van der Waals surface area contributed by atoms with Crippen LogP contribution in [0, 0.1) is 18.2 Å². The first-order valence-corrected chi connectivity index (χ1v) is 8.34. The zero-order valence-corrected chi connectivity index (χ0v) is 14.9. The van der Waals surface area contributed by atoms with E-state index in [1.165, 1.54) is 6.07 Å². The van der Waals surface area contributed by atoms with Crippen molar-refractivity contribution in [3.8, 4) is 23.8 Å². The average Bonchev–Trinajstić information content (AvgIpc) is 2.66. The van der Waals surface area contributed by atoms with E-state index in [-0.39, 0.29) is 25.4 Å². The molecule has 0 aromatic heterocycles. The van der Waals surface area contributed by atoms with Crippen LogP contribution in [0.15, 0.2) is 36.4 Å². The van der Waals surface area contributed by atoms with Crippen molar-refractivity contribution in [1.82, 2.24) is 5.32 Å². The summed E-state index contributed by atoms with van der Waals surface area (Å²) >= 11 is 0. The fraction of sp³-hybridized carbons (Fsp3) is 0.300. The SMILES string of the molecule is C#CCOc1ccc(OCc2ccc(F)c(C(F)(F)F)c2)c(CNCCO)c1. The van der Waals surface area contributed by atoms with Gasteiger partial charge in [0.15, 0.2) is 0 Å². The Morgan fingerprint density at radius 2 is 1.89 bits per heavy atom. The van der Waals surface area contributed by atoms with Gasteiger partial charge in [-0.15, -0.1) is 6.42 Å². The van der Waals surface area contributed by atoms with E-state index in [2.05, 4.69) is 11.2 Å². The Bertz CT molecular complexity index is 831. The van der Waals surface area contributed by atoms with Gasteiger partial charge in [-0.2, -0.15) is 13.2 Å². The number of benzene rings is 2. The van der Waals surface area contributed by atoms with E-state index in [4.69, 9.17) is 21.0 Å². The number of alkyl halides is 3. The summed E-state index contributed by atoms with van der Waals surface area (Å²) in [5.74, 6) is 1.93. The van der Waals surface area contributed by atoms with Crippen molar-refractivity contribution in [2.45, 2.75) is 19.3 Å². The highest BCUT2D eigenvalue weighted by atomic mass is 19.4. The molecular weight excluding hydrogens is 378 g/mol. The Morgan fingerprint density at radius 1 is 1.11 bits per heavy atom. The molecule has 0 unspecified atom stereocenters. The van der Waals surface area contributed by atoms with Gasteiger partial charge >= 0.3 is 6.18 Å². The van der Waals surface area contributed by atoms with Gasteiger partial charge in [0.1, 0.15) is 30.5 Å². The Kier molecular flexibility index (Phi) is 7.67. The second kappa shape index (κ2) is 9.97. The van der Waals surface area contributed by atoms with E-state index in [9.17, 15) is 17.6 Å². The van der Waals surface area contributed by atoms with Crippen LogP contribution >= 0.6 is 0 Å². The monoisotopic (exact) mass is 397 g/mol. The topological polar surface area (TPSA) is 50.7 Å². The molecule has 2 N–H and O–H groups in total. The van der Waals surface area contributed by atoms with Crippen molar-refractivity contribution in [2.24, 2.45) is 0 Å². The van der Waals surface area contributed by atoms with Crippen LogP contribution in [0.3, 0.4) is 0 Å². The second-order valence-corrected chi connectivity index (χ2v) is 5.76. The number of ether oxygens (including phenoxy) is 2. The Morgan fingerprint density at radius 3 is 2.57 bits per heavy atom. The highest BCUT2D eigenvalue weighted by Crippen LogP contribution is 2.32. The van der Waals surface area contributed by atoms with E-state index in [1.807, 2.05) is 0 Å². The number of aliphatic hydroxyl groups excluding tert-OH is 1. The van der Waals surface area contributed by atoms with Crippen LogP contribution in [-0.2, 0) is 19.3 Å². The van der Waals surface area contributed by atoms with Crippen molar-refractivity contribution in [2.75, 3.05) is 19.8 Å². The third-order valence-corrected chi connectivity index (χ3v) is 3.69. The van der Waals surface area contributed by atoms with E-state index < -0.39 is 17.6 Å². The molecule has 150 valence electrons. The molecule has 0 radical (unpaired) electrons. The molecule has 0 saturated heterocycles. The first-order valence-electron chi connectivity index (χ1n) is 8.34. The summed E-state index contributed by atoms with van der Waals surface area (Å²) in [6.45, 7) is 0.530. The van der Waals surface area contributed by atoms with E-state index in [1.54, 1.807) is 18.2 Å². The van der Waals surface area contributed by atoms with Gasteiger partial charge in [-0.05, 0) is 35.9 Å². The van der Waals surface area contributed by atoms with Crippen molar-refractivity contribution < 1.29 is 32.1 Å². The molecule has 0 fully saturated rings. The van der Waals surface area contributed by atoms with Gasteiger partial charge in [0, 0.05) is 18.7 Å². The second-order valence-electron chi connectivity index (χ2n) is 5.76. The summed E-state index contributed by atoms with van der Waals surface area (Å²) in [5.41, 5.74) is -0.492. The summed E-state index contributed by atoms with van der Waals surface area (Å²) in [6, 6.07) is 7.64. The van der Waals surface area contributed by atoms with Crippen LogP contribution in [0.4, 0.5) is 17.6 Å². The molecule has 8 heteroatoms. The van der Waals surface area contributed by atoms with Crippen LogP contribution < -0.4 is 14.8 Å². The molecule has 0 aliphatic rings. The zero-order valence-electron chi connectivity index (χ0n) is 14.9. The first-order chi connectivity index (χ1) is 13.3. The van der Waals surface area contributed by atoms with Gasteiger partial charge < -0.3 is 19.9 Å². The summed E-state index contributed by atoms with van der Waals surface area (Å²) in [7, 11) is 0. The Balaban J connectivity index is 2.17. The molecule has 0 heterocycles. The largest absolute Gasteiger partial charge is 0.489 e. The Hall–Kier alpha value is -2.76. The van der Waals surface area contributed by atoms with Crippen molar-refractivity contribution in [1.29, 1.82) is 0 Å². The minimum Gasteiger partial charge on any atom is -0.489 e. The summed E-state index contributed by atoms with van der Waals surface area (Å²) < 4.78 is 62.9. The number of nitrogens with one attached hydrogen (secondary N) is 1. The van der Waals surface area contributed by atoms with Gasteiger partial charge in [-0.1, -0.05) is 12.0 Å². The maximum absolute atomic E-state index is 13.4.